The summed E-state index contributed by atoms with van der Waals surface area (Å²) in [6.07, 6.45) is 0. The number of anilines is 1. The minimum atomic E-state index is -0.338. The van der Waals surface area contributed by atoms with E-state index in [0.29, 0.717) is 11.4 Å². The highest BCUT2D eigenvalue weighted by Crippen LogP contribution is 2.18. The van der Waals surface area contributed by atoms with E-state index in [1.807, 2.05) is 32.0 Å². The summed E-state index contributed by atoms with van der Waals surface area (Å²) >= 11 is 0. The first-order valence-electron chi connectivity index (χ1n) is 6.30. The number of aryl methyl sites for hydroxylation is 2. The van der Waals surface area contributed by atoms with Gasteiger partial charge in [-0.25, -0.2) is 4.39 Å². The van der Waals surface area contributed by atoms with Crippen LogP contribution in [0.2, 0.25) is 0 Å². The molecule has 104 valence electrons. The number of amides is 1. The lowest BCUT2D eigenvalue weighted by Crippen LogP contribution is -2.20. The molecular weight excluding hydrogens is 257 g/mol. The minimum Gasteiger partial charge on any atom is -0.483 e. The van der Waals surface area contributed by atoms with Gasteiger partial charge in [0.25, 0.3) is 5.91 Å². The highest BCUT2D eigenvalue weighted by molar-refractivity contribution is 5.91. The number of carbonyl (C=O) groups excluding carboxylic acids is 1. The fraction of sp³-hybridized carbons (Fsp3) is 0.188. The van der Waals surface area contributed by atoms with Crippen LogP contribution in [0.15, 0.2) is 42.5 Å². The number of carbonyl (C=O) groups is 1. The summed E-state index contributed by atoms with van der Waals surface area (Å²) in [5.74, 6) is 0.0657. The Morgan fingerprint density at radius 3 is 2.50 bits per heavy atom. The fourth-order valence-corrected chi connectivity index (χ4v) is 1.83. The lowest BCUT2D eigenvalue weighted by molar-refractivity contribution is -0.118. The molecule has 0 aromatic heterocycles. The quantitative estimate of drug-likeness (QED) is 0.926. The zero-order chi connectivity index (χ0) is 14.5. The van der Waals surface area contributed by atoms with Gasteiger partial charge >= 0.3 is 0 Å². The molecule has 0 fully saturated rings. The summed E-state index contributed by atoms with van der Waals surface area (Å²) < 4.78 is 18.2. The maximum absolute atomic E-state index is 12.7. The van der Waals surface area contributed by atoms with E-state index in [0.717, 1.165) is 11.1 Å². The molecule has 0 unspecified atom stereocenters. The summed E-state index contributed by atoms with van der Waals surface area (Å²) in [6.45, 7) is 3.85. The Hall–Kier alpha value is -2.36. The summed E-state index contributed by atoms with van der Waals surface area (Å²) in [4.78, 5) is 11.7. The number of hydrogen-bond acceptors (Lipinski definition) is 2. The lowest BCUT2D eigenvalue weighted by atomic mass is 10.1. The first kappa shape index (κ1) is 14.1. The molecule has 2 aromatic rings. The SMILES string of the molecule is Cc1ccc(OCC(=O)Nc2ccc(F)cc2)c(C)c1. The van der Waals surface area contributed by atoms with Crippen molar-refractivity contribution in [2.24, 2.45) is 0 Å². The summed E-state index contributed by atoms with van der Waals surface area (Å²) in [7, 11) is 0. The van der Waals surface area contributed by atoms with Crippen LogP contribution in [0.25, 0.3) is 0 Å². The summed E-state index contributed by atoms with van der Waals surface area (Å²) in [5.41, 5.74) is 2.67. The lowest BCUT2D eigenvalue weighted by Gasteiger charge is -2.10. The monoisotopic (exact) mass is 273 g/mol. The van der Waals surface area contributed by atoms with Crippen LogP contribution < -0.4 is 10.1 Å². The average molecular weight is 273 g/mol. The van der Waals surface area contributed by atoms with Crippen LogP contribution in [0.5, 0.6) is 5.75 Å². The summed E-state index contributed by atoms with van der Waals surface area (Å²) in [6, 6.07) is 11.4. The largest absolute Gasteiger partial charge is 0.483 e. The van der Waals surface area contributed by atoms with E-state index in [4.69, 9.17) is 4.74 Å². The Balaban J connectivity index is 1.90. The molecule has 0 saturated carbocycles. The highest BCUT2D eigenvalue weighted by atomic mass is 19.1. The molecule has 1 amide bonds. The Morgan fingerprint density at radius 1 is 1.15 bits per heavy atom. The van der Waals surface area contributed by atoms with E-state index >= 15 is 0 Å². The van der Waals surface area contributed by atoms with Gasteiger partial charge in [0, 0.05) is 5.69 Å². The minimum absolute atomic E-state index is 0.0821. The van der Waals surface area contributed by atoms with Crippen molar-refractivity contribution in [1.82, 2.24) is 0 Å². The molecule has 2 rings (SSSR count). The van der Waals surface area contributed by atoms with Crippen molar-refractivity contribution in [1.29, 1.82) is 0 Å². The van der Waals surface area contributed by atoms with E-state index in [-0.39, 0.29) is 18.3 Å². The molecular formula is C16H16FNO2. The normalized spacial score (nSPS) is 10.2. The average Bonchev–Trinajstić information content (AvgIpc) is 2.40. The molecule has 0 aliphatic heterocycles. The third kappa shape index (κ3) is 3.82. The van der Waals surface area contributed by atoms with Gasteiger partial charge in [-0.05, 0) is 49.7 Å². The van der Waals surface area contributed by atoms with Gasteiger partial charge in [-0.2, -0.15) is 0 Å². The van der Waals surface area contributed by atoms with Crippen LogP contribution in [-0.2, 0) is 4.79 Å². The van der Waals surface area contributed by atoms with Gasteiger partial charge in [0.1, 0.15) is 11.6 Å². The van der Waals surface area contributed by atoms with Gasteiger partial charge in [-0.3, -0.25) is 4.79 Å². The van der Waals surface area contributed by atoms with Crippen LogP contribution >= 0.6 is 0 Å². The third-order valence-corrected chi connectivity index (χ3v) is 2.82. The topological polar surface area (TPSA) is 38.3 Å². The van der Waals surface area contributed by atoms with Crippen molar-refractivity contribution < 1.29 is 13.9 Å². The second kappa shape index (κ2) is 6.19. The van der Waals surface area contributed by atoms with E-state index in [1.54, 1.807) is 0 Å². The van der Waals surface area contributed by atoms with Gasteiger partial charge in [0.15, 0.2) is 6.61 Å². The smallest absolute Gasteiger partial charge is 0.262 e. The van der Waals surface area contributed by atoms with Gasteiger partial charge in [0.05, 0.1) is 0 Å². The van der Waals surface area contributed by atoms with Crippen LogP contribution in [0.3, 0.4) is 0 Å². The van der Waals surface area contributed by atoms with Crippen molar-refractivity contribution in [2.75, 3.05) is 11.9 Å². The van der Waals surface area contributed by atoms with E-state index in [2.05, 4.69) is 5.32 Å². The Bertz CT molecular complexity index is 608. The molecule has 0 spiro atoms. The molecule has 0 saturated heterocycles. The second-order valence-corrected chi connectivity index (χ2v) is 4.61. The number of hydrogen-bond donors (Lipinski definition) is 1. The van der Waals surface area contributed by atoms with Crippen LogP contribution in [0.4, 0.5) is 10.1 Å². The zero-order valence-electron chi connectivity index (χ0n) is 11.4. The van der Waals surface area contributed by atoms with Crippen LogP contribution in [0, 0.1) is 19.7 Å². The third-order valence-electron chi connectivity index (χ3n) is 2.82. The van der Waals surface area contributed by atoms with Gasteiger partial charge in [0.2, 0.25) is 0 Å². The summed E-state index contributed by atoms with van der Waals surface area (Å²) in [5, 5.41) is 2.64. The van der Waals surface area contributed by atoms with Crippen molar-refractivity contribution >= 4 is 11.6 Å². The Kier molecular flexibility index (Phi) is 4.35. The number of halogens is 1. The van der Waals surface area contributed by atoms with Crippen molar-refractivity contribution in [3.05, 3.63) is 59.4 Å². The van der Waals surface area contributed by atoms with E-state index in [9.17, 15) is 9.18 Å². The molecule has 0 radical (unpaired) electrons. The molecule has 0 aliphatic rings. The van der Waals surface area contributed by atoms with E-state index in [1.165, 1.54) is 24.3 Å². The zero-order valence-corrected chi connectivity index (χ0v) is 11.4. The fourth-order valence-electron chi connectivity index (χ4n) is 1.83. The first-order valence-corrected chi connectivity index (χ1v) is 6.30. The van der Waals surface area contributed by atoms with Crippen LogP contribution in [0.1, 0.15) is 11.1 Å². The molecule has 3 nitrogen and oxygen atoms in total. The Labute approximate surface area is 117 Å². The molecule has 2 aromatic carbocycles. The molecule has 0 bridgehead atoms. The number of nitrogens with one attached hydrogen (secondary N) is 1. The van der Waals surface area contributed by atoms with Crippen LogP contribution in [-0.4, -0.2) is 12.5 Å². The van der Waals surface area contributed by atoms with Gasteiger partial charge in [-0.15, -0.1) is 0 Å². The van der Waals surface area contributed by atoms with Crippen molar-refractivity contribution in [3.8, 4) is 5.75 Å². The standard InChI is InChI=1S/C16H16FNO2/c1-11-3-8-15(12(2)9-11)20-10-16(19)18-14-6-4-13(17)5-7-14/h3-9H,10H2,1-2H3,(H,18,19). The molecule has 4 heteroatoms. The van der Waals surface area contributed by atoms with Crippen molar-refractivity contribution in [3.63, 3.8) is 0 Å². The van der Waals surface area contributed by atoms with Gasteiger partial charge in [-0.1, -0.05) is 17.7 Å². The second-order valence-electron chi connectivity index (χ2n) is 4.61. The maximum Gasteiger partial charge on any atom is 0.262 e. The molecule has 0 atom stereocenters. The molecule has 0 aliphatic carbocycles. The first-order chi connectivity index (χ1) is 9.54. The number of benzene rings is 2. The number of rotatable bonds is 4. The highest BCUT2D eigenvalue weighted by Gasteiger charge is 2.05. The van der Waals surface area contributed by atoms with Crippen molar-refractivity contribution in [2.45, 2.75) is 13.8 Å². The number of ether oxygens (including phenoxy) is 1. The molecule has 20 heavy (non-hydrogen) atoms. The molecule has 1 N–H and O–H groups in total. The van der Waals surface area contributed by atoms with Gasteiger partial charge < -0.3 is 10.1 Å². The maximum atomic E-state index is 12.7. The predicted molar refractivity (Wildman–Crippen MR) is 76.4 cm³/mol. The predicted octanol–water partition coefficient (Wildman–Crippen LogP) is 3.46. The Morgan fingerprint density at radius 2 is 1.85 bits per heavy atom. The van der Waals surface area contributed by atoms with E-state index < -0.39 is 0 Å². The molecule has 0 heterocycles.